The predicted molar refractivity (Wildman–Crippen MR) is 65.7 cm³/mol. The molecule has 5 nitrogen and oxygen atoms in total. The van der Waals surface area contributed by atoms with Gasteiger partial charge in [0.05, 0.1) is 19.8 Å². The van der Waals surface area contributed by atoms with Gasteiger partial charge in [-0.25, -0.2) is 4.79 Å². The lowest BCUT2D eigenvalue weighted by Gasteiger charge is -2.34. The molecule has 0 aromatic carbocycles. The molecule has 18 heavy (non-hydrogen) atoms. The van der Waals surface area contributed by atoms with Crippen molar-refractivity contribution in [1.82, 2.24) is 4.90 Å². The third-order valence-corrected chi connectivity index (χ3v) is 3.34. The first-order chi connectivity index (χ1) is 8.61. The van der Waals surface area contributed by atoms with E-state index >= 15 is 0 Å². The number of carbonyl (C=O) groups is 1. The minimum Gasteiger partial charge on any atom is -0.475 e. The highest BCUT2D eigenvalue weighted by atomic mass is 16.5. The van der Waals surface area contributed by atoms with E-state index in [1.807, 2.05) is 6.07 Å². The number of carboxylic acids is 1. The van der Waals surface area contributed by atoms with Gasteiger partial charge in [0.2, 0.25) is 5.76 Å². The van der Waals surface area contributed by atoms with Crippen LogP contribution in [0.5, 0.6) is 0 Å². The number of carboxylic acid groups (broad SMARTS) is 1. The number of hydrogen-bond acceptors (Lipinski definition) is 4. The number of furan rings is 1. The number of nitrogens with zero attached hydrogens (tertiary/aromatic N) is 1. The van der Waals surface area contributed by atoms with E-state index in [1.165, 1.54) is 0 Å². The zero-order chi connectivity index (χ0) is 13.1. The summed E-state index contributed by atoms with van der Waals surface area (Å²) in [4.78, 5) is 13.2. The fourth-order valence-corrected chi connectivity index (χ4v) is 2.31. The van der Waals surface area contributed by atoms with Gasteiger partial charge in [0, 0.05) is 18.2 Å². The molecule has 1 saturated heterocycles. The van der Waals surface area contributed by atoms with Crippen molar-refractivity contribution >= 4 is 5.97 Å². The Morgan fingerprint density at radius 3 is 3.00 bits per heavy atom. The number of aromatic carboxylic acids is 1. The van der Waals surface area contributed by atoms with Crippen molar-refractivity contribution in [3.8, 4) is 0 Å². The van der Waals surface area contributed by atoms with Crippen molar-refractivity contribution in [2.75, 3.05) is 19.8 Å². The van der Waals surface area contributed by atoms with Crippen molar-refractivity contribution in [3.63, 3.8) is 0 Å². The van der Waals surface area contributed by atoms with Crippen LogP contribution in [0, 0.1) is 6.92 Å². The van der Waals surface area contributed by atoms with Crippen LogP contribution in [0.2, 0.25) is 0 Å². The summed E-state index contributed by atoms with van der Waals surface area (Å²) >= 11 is 0. The fourth-order valence-electron chi connectivity index (χ4n) is 2.31. The minimum absolute atomic E-state index is 0.0475. The van der Waals surface area contributed by atoms with Gasteiger partial charge in [-0.15, -0.1) is 0 Å². The van der Waals surface area contributed by atoms with Gasteiger partial charge >= 0.3 is 5.97 Å². The summed E-state index contributed by atoms with van der Waals surface area (Å²) in [7, 11) is 0. The summed E-state index contributed by atoms with van der Waals surface area (Å²) in [5.41, 5.74) is 0.679. The Balaban J connectivity index is 2.08. The first-order valence-corrected chi connectivity index (χ1v) is 6.26. The van der Waals surface area contributed by atoms with E-state index in [0.29, 0.717) is 23.9 Å². The standard InChI is InChI=1S/C13H19NO4/c1-3-10-8-17-5-4-14(10)7-11-6-9(2)12(18-11)13(15)16/h6,10H,3-5,7-8H2,1-2H3,(H,15,16). The van der Waals surface area contributed by atoms with Gasteiger partial charge in [0.1, 0.15) is 5.76 Å². The molecule has 100 valence electrons. The van der Waals surface area contributed by atoms with E-state index in [1.54, 1.807) is 6.92 Å². The molecule has 1 N–H and O–H groups in total. The average Bonchev–Trinajstić information content (AvgIpc) is 2.71. The van der Waals surface area contributed by atoms with Gasteiger partial charge in [-0.1, -0.05) is 6.92 Å². The predicted octanol–water partition coefficient (Wildman–Crippen LogP) is 1.90. The van der Waals surface area contributed by atoms with Crippen LogP contribution in [-0.4, -0.2) is 41.8 Å². The van der Waals surface area contributed by atoms with Gasteiger partial charge in [0.15, 0.2) is 0 Å². The monoisotopic (exact) mass is 253 g/mol. The summed E-state index contributed by atoms with van der Waals surface area (Å²) in [6.07, 6.45) is 1.02. The zero-order valence-electron chi connectivity index (χ0n) is 10.8. The Bertz CT molecular complexity index is 427. The number of ether oxygens (including phenoxy) is 1. The highest BCUT2D eigenvalue weighted by Crippen LogP contribution is 2.19. The Morgan fingerprint density at radius 1 is 1.61 bits per heavy atom. The molecule has 0 spiro atoms. The van der Waals surface area contributed by atoms with Crippen LogP contribution in [0.15, 0.2) is 10.5 Å². The molecule has 1 atom stereocenters. The molecular weight excluding hydrogens is 234 g/mol. The normalized spacial score (nSPS) is 21.1. The van der Waals surface area contributed by atoms with Gasteiger partial charge in [-0.05, 0) is 19.4 Å². The highest BCUT2D eigenvalue weighted by molar-refractivity contribution is 5.86. The van der Waals surface area contributed by atoms with Crippen LogP contribution in [0.4, 0.5) is 0 Å². The van der Waals surface area contributed by atoms with E-state index in [4.69, 9.17) is 14.3 Å². The van der Waals surface area contributed by atoms with Gasteiger partial charge in [-0.3, -0.25) is 4.90 Å². The first-order valence-electron chi connectivity index (χ1n) is 6.26. The summed E-state index contributed by atoms with van der Waals surface area (Å²) < 4.78 is 10.8. The number of rotatable bonds is 4. The molecule has 1 fully saturated rings. The molecule has 0 bridgehead atoms. The van der Waals surface area contributed by atoms with E-state index < -0.39 is 5.97 Å². The maximum Gasteiger partial charge on any atom is 0.372 e. The molecule has 1 unspecified atom stereocenters. The molecule has 0 saturated carbocycles. The molecule has 2 rings (SSSR count). The Labute approximate surface area is 106 Å². The largest absolute Gasteiger partial charge is 0.475 e. The average molecular weight is 253 g/mol. The van der Waals surface area contributed by atoms with Gasteiger partial charge < -0.3 is 14.3 Å². The van der Waals surface area contributed by atoms with Crippen LogP contribution < -0.4 is 0 Å². The maximum absolute atomic E-state index is 10.9. The van der Waals surface area contributed by atoms with Crippen molar-refractivity contribution in [2.45, 2.75) is 32.9 Å². The van der Waals surface area contributed by atoms with Crippen LogP contribution in [0.1, 0.15) is 35.2 Å². The Morgan fingerprint density at radius 2 is 2.39 bits per heavy atom. The van der Waals surface area contributed by atoms with Crippen LogP contribution in [0.3, 0.4) is 0 Å². The van der Waals surface area contributed by atoms with Crippen LogP contribution in [0.25, 0.3) is 0 Å². The van der Waals surface area contributed by atoms with E-state index in [0.717, 1.165) is 26.2 Å². The smallest absolute Gasteiger partial charge is 0.372 e. The molecule has 5 heteroatoms. The summed E-state index contributed by atoms with van der Waals surface area (Å²) in [5.74, 6) is -0.246. The molecular formula is C13H19NO4. The van der Waals surface area contributed by atoms with Crippen molar-refractivity contribution in [1.29, 1.82) is 0 Å². The lowest BCUT2D eigenvalue weighted by Crippen LogP contribution is -2.44. The minimum atomic E-state index is -1.01. The second-order valence-electron chi connectivity index (χ2n) is 4.64. The third kappa shape index (κ3) is 2.73. The first kappa shape index (κ1) is 13.1. The quantitative estimate of drug-likeness (QED) is 0.887. The van der Waals surface area contributed by atoms with Crippen molar-refractivity contribution in [2.24, 2.45) is 0 Å². The maximum atomic E-state index is 10.9. The Kier molecular flexibility index (Phi) is 4.04. The number of morpholine rings is 1. The third-order valence-electron chi connectivity index (χ3n) is 3.34. The molecule has 0 radical (unpaired) electrons. The Hall–Kier alpha value is -1.33. The topological polar surface area (TPSA) is 62.9 Å². The van der Waals surface area contributed by atoms with Crippen LogP contribution >= 0.6 is 0 Å². The molecule has 1 aliphatic heterocycles. The van der Waals surface area contributed by atoms with Crippen molar-refractivity contribution in [3.05, 3.63) is 23.2 Å². The SMILES string of the molecule is CCC1COCCN1Cc1cc(C)c(C(=O)O)o1. The second kappa shape index (κ2) is 5.54. The van der Waals surface area contributed by atoms with Gasteiger partial charge in [0.25, 0.3) is 0 Å². The summed E-state index contributed by atoms with van der Waals surface area (Å²) in [6, 6.07) is 2.20. The molecule has 0 aliphatic carbocycles. The molecule has 1 aromatic heterocycles. The lowest BCUT2D eigenvalue weighted by molar-refractivity contribution is -0.0155. The van der Waals surface area contributed by atoms with E-state index in [9.17, 15) is 4.79 Å². The highest BCUT2D eigenvalue weighted by Gasteiger charge is 2.23. The molecule has 1 aromatic rings. The van der Waals surface area contributed by atoms with Crippen molar-refractivity contribution < 1.29 is 19.1 Å². The fraction of sp³-hybridized carbons (Fsp3) is 0.615. The molecule has 0 amide bonds. The van der Waals surface area contributed by atoms with E-state index in [2.05, 4.69) is 11.8 Å². The van der Waals surface area contributed by atoms with Gasteiger partial charge in [-0.2, -0.15) is 0 Å². The van der Waals surface area contributed by atoms with Crippen LogP contribution in [-0.2, 0) is 11.3 Å². The number of aryl methyl sites for hydroxylation is 1. The second-order valence-corrected chi connectivity index (χ2v) is 4.64. The van der Waals surface area contributed by atoms with E-state index in [-0.39, 0.29) is 5.76 Å². The number of hydrogen-bond donors (Lipinski definition) is 1. The lowest BCUT2D eigenvalue weighted by atomic mass is 10.1. The zero-order valence-corrected chi connectivity index (χ0v) is 10.8. The molecule has 2 heterocycles. The summed E-state index contributed by atoms with van der Waals surface area (Å²) in [6.45, 7) is 6.86. The molecule has 1 aliphatic rings. The summed E-state index contributed by atoms with van der Waals surface area (Å²) in [5, 5.41) is 8.96.